The number of nitrogens with zero attached hydrogens (tertiary/aromatic N) is 2. The average Bonchev–Trinajstić information content (AvgIpc) is 3.02. The maximum Gasteiger partial charge on any atom is 0.358 e. The fourth-order valence-electron chi connectivity index (χ4n) is 1.26. The molecule has 6 nitrogen and oxygen atoms in total. The fourth-order valence-corrected chi connectivity index (χ4v) is 1.45. The molecule has 0 bridgehead atoms. The van der Waals surface area contributed by atoms with Crippen molar-refractivity contribution in [3.05, 3.63) is 10.8 Å². The normalized spacial score (nSPS) is 14.8. The van der Waals surface area contributed by atoms with Crippen molar-refractivity contribution < 1.29 is 9.90 Å². The van der Waals surface area contributed by atoms with Gasteiger partial charge in [0.1, 0.15) is 0 Å². The quantitative estimate of drug-likeness (QED) is 0.734. The van der Waals surface area contributed by atoms with Crippen molar-refractivity contribution in [2.75, 3.05) is 17.6 Å². The van der Waals surface area contributed by atoms with Crippen LogP contribution in [0, 0.1) is 5.92 Å². The van der Waals surface area contributed by atoms with E-state index in [4.69, 9.17) is 22.4 Å². The van der Waals surface area contributed by atoms with Crippen molar-refractivity contribution in [2.45, 2.75) is 12.8 Å². The summed E-state index contributed by atoms with van der Waals surface area (Å²) in [4.78, 5) is 18.3. The van der Waals surface area contributed by atoms with Gasteiger partial charge in [-0.15, -0.1) is 0 Å². The Bertz CT molecular complexity index is 434. The van der Waals surface area contributed by atoms with Gasteiger partial charge in [0.25, 0.3) is 0 Å². The van der Waals surface area contributed by atoms with Crippen molar-refractivity contribution in [3.63, 3.8) is 0 Å². The summed E-state index contributed by atoms with van der Waals surface area (Å²) in [5.74, 6) is -0.370. The maximum atomic E-state index is 10.7. The monoisotopic (exact) mass is 242 g/mol. The van der Waals surface area contributed by atoms with E-state index in [9.17, 15) is 4.79 Å². The van der Waals surface area contributed by atoms with E-state index in [2.05, 4.69) is 15.3 Å². The highest BCUT2D eigenvalue weighted by molar-refractivity contribution is 6.31. The molecule has 0 atom stereocenters. The van der Waals surface area contributed by atoms with Crippen molar-refractivity contribution in [1.82, 2.24) is 9.97 Å². The average molecular weight is 243 g/mol. The Kier molecular flexibility index (Phi) is 2.82. The number of carbonyl (C=O) groups is 1. The number of aromatic carboxylic acids is 1. The van der Waals surface area contributed by atoms with E-state index in [1.807, 2.05) is 0 Å². The Hall–Kier alpha value is -1.56. The minimum absolute atomic E-state index is 0.0345. The molecule has 0 unspecified atom stereocenters. The van der Waals surface area contributed by atoms with E-state index in [1.165, 1.54) is 12.8 Å². The standard InChI is InChI=1S/C9H11ClN4O2/c10-6-8(12-3-4-1-2-4)14-7(11)5(13-6)9(15)16/h4H,1-3H2,(H,15,16)(H3,11,12,14). The van der Waals surface area contributed by atoms with Crippen LogP contribution in [0.3, 0.4) is 0 Å². The molecule has 0 aromatic carbocycles. The van der Waals surface area contributed by atoms with Gasteiger partial charge in [-0.05, 0) is 18.8 Å². The molecule has 16 heavy (non-hydrogen) atoms. The molecule has 86 valence electrons. The molecule has 1 aromatic heterocycles. The molecule has 1 aromatic rings. The van der Waals surface area contributed by atoms with Gasteiger partial charge >= 0.3 is 5.97 Å². The topological polar surface area (TPSA) is 101 Å². The lowest BCUT2D eigenvalue weighted by Gasteiger charge is -2.08. The molecule has 7 heteroatoms. The van der Waals surface area contributed by atoms with Gasteiger partial charge in [0.2, 0.25) is 0 Å². The Morgan fingerprint density at radius 3 is 2.81 bits per heavy atom. The number of nitrogens with one attached hydrogen (secondary N) is 1. The minimum atomic E-state index is -1.24. The molecule has 2 rings (SSSR count). The van der Waals surface area contributed by atoms with Gasteiger partial charge < -0.3 is 16.2 Å². The number of nitrogens with two attached hydrogens (primary N) is 1. The molecule has 1 aliphatic carbocycles. The summed E-state index contributed by atoms with van der Waals surface area (Å²) < 4.78 is 0. The third-order valence-corrected chi connectivity index (χ3v) is 2.60. The highest BCUT2D eigenvalue weighted by Gasteiger charge is 2.22. The van der Waals surface area contributed by atoms with Crippen LogP contribution in [-0.4, -0.2) is 27.6 Å². The van der Waals surface area contributed by atoms with Crippen LogP contribution in [-0.2, 0) is 0 Å². The van der Waals surface area contributed by atoms with Crippen molar-refractivity contribution >= 4 is 29.2 Å². The second-order valence-electron chi connectivity index (χ2n) is 3.73. The molecule has 0 aliphatic heterocycles. The number of hydrogen-bond acceptors (Lipinski definition) is 5. The number of halogens is 1. The van der Waals surface area contributed by atoms with Gasteiger partial charge in [-0.3, -0.25) is 0 Å². The van der Waals surface area contributed by atoms with Gasteiger partial charge in [0, 0.05) is 6.54 Å². The van der Waals surface area contributed by atoms with E-state index in [-0.39, 0.29) is 16.7 Å². The van der Waals surface area contributed by atoms with Crippen LogP contribution >= 0.6 is 11.6 Å². The molecule has 0 spiro atoms. The Morgan fingerprint density at radius 1 is 1.56 bits per heavy atom. The van der Waals surface area contributed by atoms with Crippen molar-refractivity contribution in [2.24, 2.45) is 5.92 Å². The molecular weight excluding hydrogens is 232 g/mol. The van der Waals surface area contributed by atoms with Crippen LogP contribution in [0.5, 0.6) is 0 Å². The Morgan fingerprint density at radius 2 is 2.25 bits per heavy atom. The number of nitrogen functional groups attached to an aromatic ring is 1. The number of aromatic nitrogens is 2. The minimum Gasteiger partial charge on any atom is -0.476 e. The molecular formula is C9H11ClN4O2. The van der Waals surface area contributed by atoms with Gasteiger partial charge in [-0.1, -0.05) is 11.6 Å². The van der Waals surface area contributed by atoms with E-state index >= 15 is 0 Å². The smallest absolute Gasteiger partial charge is 0.358 e. The van der Waals surface area contributed by atoms with Crippen molar-refractivity contribution in [3.8, 4) is 0 Å². The molecule has 0 amide bonds. The van der Waals surface area contributed by atoms with Crippen LogP contribution in [0.2, 0.25) is 5.15 Å². The first-order valence-corrected chi connectivity index (χ1v) is 5.26. The SMILES string of the molecule is Nc1nc(NCC2CC2)c(Cl)nc1C(=O)O. The van der Waals surface area contributed by atoms with Gasteiger partial charge in [-0.25, -0.2) is 14.8 Å². The number of hydrogen-bond donors (Lipinski definition) is 3. The van der Waals surface area contributed by atoms with Crippen molar-refractivity contribution in [1.29, 1.82) is 0 Å². The largest absolute Gasteiger partial charge is 0.476 e. The molecule has 1 heterocycles. The fraction of sp³-hybridized carbons (Fsp3) is 0.444. The lowest BCUT2D eigenvalue weighted by atomic mass is 10.4. The summed E-state index contributed by atoms with van der Waals surface area (Å²) in [5, 5.41) is 11.8. The molecule has 0 radical (unpaired) electrons. The van der Waals surface area contributed by atoms with E-state index in [1.54, 1.807) is 0 Å². The number of rotatable bonds is 4. The van der Waals surface area contributed by atoms with Crippen LogP contribution < -0.4 is 11.1 Å². The summed E-state index contributed by atoms with van der Waals surface area (Å²) in [6.07, 6.45) is 2.39. The highest BCUT2D eigenvalue weighted by atomic mass is 35.5. The van der Waals surface area contributed by atoms with E-state index in [0.717, 1.165) is 6.54 Å². The lowest BCUT2D eigenvalue weighted by molar-refractivity contribution is 0.0691. The first kappa shape index (κ1) is 10.9. The zero-order chi connectivity index (χ0) is 11.7. The third kappa shape index (κ3) is 2.33. The first-order chi connectivity index (χ1) is 7.58. The lowest BCUT2D eigenvalue weighted by Crippen LogP contribution is -2.12. The van der Waals surface area contributed by atoms with E-state index < -0.39 is 5.97 Å². The molecule has 1 saturated carbocycles. The predicted molar refractivity (Wildman–Crippen MR) is 59.6 cm³/mol. The second kappa shape index (κ2) is 4.13. The zero-order valence-electron chi connectivity index (χ0n) is 8.40. The Labute approximate surface area is 96.8 Å². The summed E-state index contributed by atoms with van der Waals surface area (Å²) >= 11 is 5.79. The molecule has 1 aliphatic rings. The Balaban J connectivity index is 2.18. The summed E-state index contributed by atoms with van der Waals surface area (Å²) in [5.41, 5.74) is 5.14. The summed E-state index contributed by atoms with van der Waals surface area (Å²) in [6, 6.07) is 0. The van der Waals surface area contributed by atoms with Crippen LogP contribution in [0.25, 0.3) is 0 Å². The highest BCUT2D eigenvalue weighted by Crippen LogP contribution is 2.29. The first-order valence-electron chi connectivity index (χ1n) is 4.88. The molecule has 0 saturated heterocycles. The second-order valence-corrected chi connectivity index (χ2v) is 4.08. The number of carboxylic acids is 1. The van der Waals surface area contributed by atoms with E-state index in [0.29, 0.717) is 11.7 Å². The van der Waals surface area contributed by atoms with Gasteiger partial charge in [0.15, 0.2) is 22.5 Å². The number of carboxylic acid groups (broad SMARTS) is 1. The van der Waals surface area contributed by atoms with Gasteiger partial charge in [0.05, 0.1) is 0 Å². The summed E-state index contributed by atoms with van der Waals surface area (Å²) in [6.45, 7) is 0.764. The molecule has 1 fully saturated rings. The van der Waals surface area contributed by atoms with Crippen LogP contribution in [0.15, 0.2) is 0 Å². The molecule has 4 N–H and O–H groups in total. The third-order valence-electron chi connectivity index (χ3n) is 2.34. The number of anilines is 2. The van der Waals surface area contributed by atoms with Crippen LogP contribution in [0.1, 0.15) is 23.3 Å². The van der Waals surface area contributed by atoms with Gasteiger partial charge in [-0.2, -0.15) is 0 Å². The van der Waals surface area contributed by atoms with Crippen LogP contribution in [0.4, 0.5) is 11.6 Å². The maximum absolute atomic E-state index is 10.7. The zero-order valence-corrected chi connectivity index (χ0v) is 9.16. The summed E-state index contributed by atoms with van der Waals surface area (Å²) in [7, 11) is 0. The predicted octanol–water partition coefficient (Wildman–Crippen LogP) is 1.23.